The van der Waals surface area contributed by atoms with Crippen LogP contribution in [0, 0.1) is 17.0 Å². The maximum Gasteiger partial charge on any atom is 0.433 e. The lowest BCUT2D eigenvalue weighted by Gasteiger charge is -2.08. The third kappa shape index (κ3) is 3.86. The lowest BCUT2D eigenvalue weighted by atomic mass is 10.2. The lowest BCUT2D eigenvalue weighted by molar-refractivity contribution is -0.402. The summed E-state index contributed by atoms with van der Waals surface area (Å²) in [5.41, 5.74) is 1.81. The number of amides is 1. The summed E-state index contributed by atoms with van der Waals surface area (Å²) in [6, 6.07) is 9.72. The van der Waals surface area contributed by atoms with Gasteiger partial charge in [0.1, 0.15) is 4.92 Å². The largest absolute Gasteiger partial charge is 0.433 e. The summed E-state index contributed by atoms with van der Waals surface area (Å²) in [5.74, 6) is -1.35. The van der Waals surface area contributed by atoms with Gasteiger partial charge in [0.25, 0.3) is 5.91 Å². The van der Waals surface area contributed by atoms with Crippen LogP contribution in [0.2, 0.25) is 0 Å². The van der Waals surface area contributed by atoms with Crippen molar-refractivity contribution in [2.24, 2.45) is 0 Å². The normalized spacial score (nSPS) is 9.95. The number of hydrogen-bond donors (Lipinski definition) is 2. The second-order valence-electron chi connectivity index (χ2n) is 4.17. The molecule has 2 rings (SSSR count). The van der Waals surface area contributed by atoms with Crippen LogP contribution in [0.1, 0.15) is 16.1 Å². The van der Waals surface area contributed by atoms with E-state index in [1.54, 1.807) is 0 Å². The van der Waals surface area contributed by atoms with Crippen LogP contribution >= 0.6 is 12.2 Å². The van der Waals surface area contributed by atoms with Gasteiger partial charge in [-0.2, -0.15) is 0 Å². The Morgan fingerprint density at radius 1 is 1.24 bits per heavy atom. The maximum absolute atomic E-state index is 11.8. The highest BCUT2D eigenvalue weighted by Gasteiger charge is 2.17. The monoisotopic (exact) mass is 305 g/mol. The molecule has 0 fully saturated rings. The Kier molecular flexibility index (Phi) is 4.29. The minimum Gasteiger partial charge on any atom is -0.395 e. The van der Waals surface area contributed by atoms with Crippen LogP contribution in [-0.2, 0) is 0 Å². The molecule has 0 saturated heterocycles. The Morgan fingerprint density at radius 2 is 1.90 bits per heavy atom. The number of rotatable bonds is 3. The third-order valence-electron chi connectivity index (χ3n) is 2.53. The molecule has 0 unspecified atom stereocenters. The van der Waals surface area contributed by atoms with Crippen LogP contribution < -0.4 is 10.6 Å². The lowest BCUT2D eigenvalue weighted by Crippen LogP contribution is -2.33. The minimum absolute atomic E-state index is 0.0721. The topological polar surface area (TPSA) is 97.4 Å². The van der Waals surface area contributed by atoms with Crippen molar-refractivity contribution in [1.29, 1.82) is 0 Å². The van der Waals surface area contributed by atoms with Crippen LogP contribution in [0.15, 0.2) is 40.8 Å². The van der Waals surface area contributed by atoms with Gasteiger partial charge in [-0.15, -0.1) is 0 Å². The van der Waals surface area contributed by atoms with E-state index in [0.717, 1.165) is 17.3 Å². The Balaban J connectivity index is 1.96. The van der Waals surface area contributed by atoms with Crippen molar-refractivity contribution >= 4 is 34.8 Å². The minimum atomic E-state index is -0.723. The highest BCUT2D eigenvalue weighted by atomic mass is 32.1. The second kappa shape index (κ2) is 6.14. The van der Waals surface area contributed by atoms with E-state index < -0.39 is 16.7 Å². The fraction of sp³-hybridized carbons (Fsp3) is 0.0769. The van der Waals surface area contributed by atoms with Gasteiger partial charge in [0, 0.05) is 5.69 Å². The van der Waals surface area contributed by atoms with Crippen LogP contribution in [0.5, 0.6) is 0 Å². The molecule has 0 aliphatic rings. The first kappa shape index (κ1) is 14.7. The first-order valence-corrected chi connectivity index (χ1v) is 6.30. The summed E-state index contributed by atoms with van der Waals surface area (Å²) >= 11 is 4.98. The zero-order valence-electron chi connectivity index (χ0n) is 11.0. The molecule has 7 nitrogen and oxygen atoms in total. The second-order valence-corrected chi connectivity index (χ2v) is 4.58. The van der Waals surface area contributed by atoms with Gasteiger partial charge in [0.15, 0.2) is 10.9 Å². The molecule has 0 saturated carbocycles. The van der Waals surface area contributed by atoms with Gasteiger partial charge in [0.2, 0.25) is 0 Å². The van der Waals surface area contributed by atoms with E-state index in [1.165, 1.54) is 6.07 Å². The molecular weight excluding hydrogens is 294 g/mol. The third-order valence-corrected chi connectivity index (χ3v) is 2.74. The molecule has 1 amide bonds. The van der Waals surface area contributed by atoms with Crippen molar-refractivity contribution in [1.82, 2.24) is 5.32 Å². The predicted molar refractivity (Wildman–Crippen MR) is 80.2 cm³/mol. The first-order valence-electron chi connectivity index (χ1n) is 5.89. The van der Waals surface area contributed by atoms with Gasteiger partial charge in [-0.3, -0.25) is 20.2 Å². The van der Waals surface area contributed by atoms with E-state index in [0.29, 0.717) is 0 Å². The maximum atomic E-state index is 11.8. The van der Waals surface area contributed by atoms with Gasteiger partial charge in [-0.1, -0.05) is 17.7 Å². The predicted octanol–water partition coefficient (Wildman–Crippen LogP) is 2.62. The highest BCUT2D eigenvalue weighted by Crippen LogP contribution is 2.15. The van der Waals surface area contributed by atoms with Gasteiger partial charge in [-0.05, 0) is 37.3 Å². The van der Waals surface area contributed by atoms with E-state index in [-0.39, 0.29) is 10.9 Å². The van der Waals surface area contributed by atoms with Gasteiger partial charge < -0.3 is 9.73 Å². The molecular formula is C13H11N3O4S. The molecule has 0 aliphatic heterocycles. The molecule has 108 valence electrons. The summed E-state index contributed by atoms with van der Waals surface area (Å²) in [5, 5.41) is 15.7. The number of carbonyl (C=O) groups excluding carboxylic acids is 1. The van der Waals surface area contributed by atoms with E-state index in [9.17, 15) is 14.9 Å². The van der Waals surface area contributed by atoms with Crippen molar-refractivity contribution in [3.8, 4) is 0 Å². The smallest absolute Gasteiger partial charge is 0.395 e. The summed E-state index contributed by atoms with van der Waals surface area (Å²) in [7, 11) is 0. The highest BCUT2D eigenvalue weighted by molar-refractivity contribution is 7.80. The number of nitro groups is 1. The standard InChI is InChI=1S/C13H11N3O4S/c1-8-2-4-9(5-3-8)14-13(21)15-12(17)10-6-7-11(20-10)16(18)19/h2-7H,1H3,(H2,14,15,17,21). The number of furan rings is 1. The Bertz CT molecular complexity index is 694. The van der Waals surface area contributed by atoms with Crippen LogP contribution in [-0.4, -0.2) is 15.9 Å². The van der Waals surface area contributed by atoms with E-state index in [2.05, 4.69) is 10.6 Å². The molecule has 0 radical (unpaired) electrons. The van der Waals surface area contributed by atoms with Crippen molar-refractivity contribution in [2.75, 3.05) is 5.32 Å². The number of thiocarbonyl (C=S) groups is 1. The average Bonchev–Trinajstić information content (AvgIpc) is 2.91. The number of benzene rings is 1. The Labute approximate surface area is 125 Å². The molecule has 1 heterocycles. The first-order chi connectivity index (χ1) is 9.95. The molecule has 21 heavy (non-hydrogen) atoms. The van der Waals surface area contributed by atoms with Gasteiger partial charge in [0.05, 0.1) is 6.07 Å². The fourth-order valence-electron chi connectivity index (χ4n) is 1.51. The van der Waals surface area contributed by atoms with E-state index >= 15 is 0 Å². The van der Waals surface area contributed by atoms with E-state index in [1.807, 2.05) is 31.2 Å². The van der Waals surface area contributed by atoms with Crippen molar-refractivity contribution in [3.63, 3.8) is 0 Å². The number of carbonyl (C=O) groups is 1. The molecule has 2 N–H and O–H groups in total. The van der Waals surface area contributed by atoms with Crippen LogP contribution in [0.4, 0.5) is 11.6 Å². The summed E-state index contributed by atoms with van der Waals surface area (Å²) in [6.07, 6.45) is 0. The number of hydrogen-bond acceptors (Lipinski definition) is 5. The van der Waals surface area contributed by atoms with Gasteiger partial charge in [-0.25, -0.2) is 0 Å². The van der Waals surface area contributed by atoms with E-state index in [4.69, 9.17) is 16.6 Å². The molecule has 1 aromatic heterocycles. The molecule has 2 aromatic rings. The fourth-order valence-corrected chi connectivity index (χ4v) is 1.72. The summed E-state index contributed by atoms with van der Waals surface area (Å²) < 4.78 is 4.78. The number of aryl methyl sites for hydroxylation is 1. The number of anilines is 1. The molecule has 1 aromatic carbocycles. The number of nitrogens with one attached hydrogen (secondary N) is 2. The summed E-state index contributed by atoms with van der Waals surface area (Å²) in [4.78, 5) is 21.5. The average molecular weight is 305 g/mol. The zero-order chi connectivity index (χ0) is 15.4. The van der Waals surface area contributed by atoms with Crippen molar-refractivity contribution in [3.05, 3.63) is 57.8 Å². The molecule has 0 atom stereocenters. The Morgan fingerprint density at radius 3 is 2.48 bits per heavy atom. The van der Waals surface area contributed by atoms with Crippen LogP contribution in [0.3, 0.4) is 0 Å². The summed E-state index contributed by atoms with van der Waals surface area (Å²) in [6.45, 7) is 1.95. The van der Waals surface area contributed by atoms with Crippen LogP contribution in [0.25, 0.3) is 0 Å². The number of nitrogens with zero attached hydrogens (tertiary/aromatic N) is 1. The zero-order valence-corrected chi connectivity index (χ0v) is 11.8. The SMILES string of the molecule is Cc1ccc(NC(=S)NC(=O)c2ccc([N+](=O)[O-])o2)cc1. The van der Waals surface area contributed by atoms with Gasteiger partial charge >= 0.3 is 5.88 Å². The van der Waals surface area contributed by atoms with Crippen molar-refractivity contribution < 1.29 is 14.1 Å². The molecule has 0 spiro atoms. The van der Waals surface area contributed by atoms with Crippen molar-refractivity contribution in [2.45, 2.75) is 6.92 Å². The molecule has 0 bridgehead atoms. The Hall–Kier alpha value is -2.74. The molecule has 8 heteroatoms. The molecule has 0 aliphatic carbocycles. The quantitative estimate of drug-likeness (QED) is 0.514.